The molecular formula is C22H18N2O. The van der Waals surface area contributed by atoms with Crippen LogP contribution in [0.15, 0.2) is 110 Å². The van der Waals surface area contributed by atoms with E-state index in [0.29, 0.717) is 0 Å². The Hall–Kier alpha value is -3.46. The lowest BCUT2D eigenvalue weighted by Gasteiger charge is -2.03. The van der Waals surface area contributed by atoms with Gasteiger partial charge in [0.15, 0.2) is 0 Å². The van der Waals surface area contributed by atoms with Gasteiger partial charge in [-0.15, -0.1) is 0 Å². The van der Waals surface area contributed by atoms with E-state index in [2.05, 4.69) is 9.97 Å². The molecule has 0 atom stereocenters. The van der Waals surface area contributed by atoms with Gasteiger partial charge in [-0.2, -0.15) is 0 Å². The Kier molecular flexibility index (Phi) is 5.90. The molecule has 0 bridgehead atoms. The summed E-state index contributed by atoms with van der Waals surface area (Å²) in [7, 11) is 0. The number of rotatable bonds is 3. The topological polar surface area (TPSA) is 35.0 Å². The normalized spacial score (nSPS) is 9.60. The molecule has 0 fully saturated rings. The number of benzene rings is 2. The summed E-state index contributed by atoms with van der Waals surface area (Å²) in [5, 5.41) is 0. The van der Waals surface area contributed by atoms with Crippen molar-refractivity contribution >= 4 is 0 Å². The first kappa shape index (κ1) is 16.4. The molecule has 3 heteroatoms. The summed E-state index contributed by atoms with van der Waals surface area (Å²) >= 11 is 0. The predicted octanol–water partition coefficient (Wildman–Crippen LogP) is 5.62. The zero-order valence-electron chi connectivity index (χ0n) is 13.7. The lowest BCUT2D eigenvalue weighted by atomic mass is 10.1. The van der Waals surface area contributed by atoms with Crippen molar-refractivity contribution in [3.8, 4) is 22.6 Å². The summed E-state index contributed by atoms with van der Waals surface area (Å²) in [4.78, 5) is 8.07. The Morgan fingerprint density at radius 1 is 0.480 bits per heavy atom. The van der Waals surface area contributed by atoms with E-state index >= 15 is 0 Å². The number of aromatic nitrogens is 2. The van der Waals surface area contributed by atoms with E-state index in [-0.39, 0.29) is 0 Å². The molecule has 3 nitrogen and oxygen atoms in total. The van der Waals surface area contributed by atoms with Crippen LogP contribution in [0.2, 0.25) is 0 Å². The lowest BCUT2D eigenvalue weighted by molar-refractivity contribution is 0.482. The van der Waals surface area contributed by atoms with Gasteiger partial charge in [-0.3, -0.25) is 9.97 Å². The molecule has 0 unspecified atom stereocenters. The fraction of sp³-hybridized carbons (Fsp3) is 0. The molecule has 4 rings (SSSR count). The van der Waals surface area contributed by atoms with Crippen LogP contribution in [-0.2, 0) is 0 Å². The minimum Gasteiger partial charge on any atom is -0.457 e. The fourth-order valence-electron chi connectivity index (χ4n) is 2.18. The zero-order chi connectivity index (χ0) is 17.2. The lowest BCUT2D eigenvalue weighted by Crippen LogP contribution is -1.81. The largest absolute Gasteiger partial charge is 0.457 e. The maximum atomic E-state index is 5.58. The van der Waals surface area contributed by atoms with E-state index in [1.54, 1.807) is 12.4 Å². The Morgan fingerprint density at radius 2 is 0.920 bits per heavy atom. The summed E-state index contributed by atoms with van der Waals surface area (Å²) in [6.07, 6.45) is 7.19. The van der Waals surface area contributed by atoms with Crippen LogP contribution >= 0.6 is 0 Å². The Morgan fingerprint density at radius 3 is 1.28 bits per heavy atom. The number of pyridine rings is 2. The molecule has 0 radical (unpaired) electrons. The molecule has 0 spiro atoms. The first-order valence-electron chi connectivity index (χ1n) is 8.00. The third kappa shape index (κ3) is 5.29. The molecule has 0 aliphatic carbocycles. The molecule has 2 aromatic heterocycles. The molecule has 0 aliphatic heterocycles. The molecule has 0 saturated carbocycles. The second kappa shape index (κ2) is 8.99. The molecule has 122 valence electrons. The van der Waals surface area contributed by atoms with Gasteiger partial charge in [-0.1, -0.05) is 48.5 Å². The van der Waals surface area contributed by atoms with Gasteiger partial charge in [0.1, 0.15) is 11.5 Å². The van der Waals surface area contributed by atoms with Gasteiger partial charge in [-0.05, 0) is 36.4 Å². The van der Waals surface area contributed by atoms with Crippen LogP contribution < -0.4 is 4.74 Å². The molecule has 0 saturated heterocycles. The van der Waals surface area contributed by atoms with Crippen molar-refractivity contribution in [2.45, 2.75) is 0 Å². The quantitative estimate of drug-likeness (QED) is 0.490. The van der Waals surface area contributed by atoms with Gasteiger partial charge in [0.05, 0.1) is 0 Å². The summed E-state index contributed by atoms with van der Waals surface area (Å²) in [5.41, 5.74) is 2.20. The minimum atomic E-state index is 0.869. The third-order valence-corrected chi connectivity index (χ3v) is 3.38. The second-order valence-corrected chi connectivity index (χ2v) is 5.21. The number of hydrogen-bond acceptors (Lipinski definition) is 3. The van der Waals surface area contributed by atoms with Gasteiger partial charge in [0, 0.05) is 35.9 Å². The van der Waals surface area contributed by atoms with Crippen molar-refractivity contribution in [1.82, 2.24) is 9.97 Å². The van der Waals surface area contributed by atoms with Gasteiger partial charge >= 0.3 is 0 Å². The highest BCUT2D eigenvalue weighted by molar-refractivity contribution is 5.60. The van der Waals surface area contributed by atoms with Crippen molar-refractivity contribution in [2.24, 2.45) is 0 Å². The van der Waals surface area contributed by atoms with E-state index in [4.69, 9.17) is 4.74 Å². The molecule has 4 aromatic rings. The zero-order valence-corrected chi connectivity index (χ0v) is 13.7. The third-order valence-electron chi connectivity index (χ3n) is 3.38. The monoisotopic (exact) mass is 326 g/mol. The van der Waals surface area contributed by atoms with Crippen LogP contribution in [0.5, 0.6) is 11.5 Å². The molecule has 0 aliphatic rings. The molecule has 2 heterocycles. The van der Waals surface area contributed by atoms with Crippen molar-refractivity contribution in [1.29, 1.82) is 0 Å². The number of nitrogens with zero attached hydrogens (tertiary/aromatic N) is 2. The number of hydrogen-bond donors (Lipinski definition) is 0. The smallest absolute Gasteiger partial charge is 0.127 e. The van der Waals surface area contributed by atoms with E-state index < -0.39 is 0 Å². The molecule has 25 heavy (non-hydrogen) atoms. The maximum Gasteiger partial charge on any atom is 0.127 e. The van der Waals surface area contributed by atoms with Crippen LogP contribution in [-0.4, -0.2) is 9.97 Å². The van der Waals surface area contributed by atoms with E-state index in [1.807, 2.05) is 97.3 Å². The van der Waals surface area contributed by atoms with Gasteiger partial charge < -0.3 is 4.74 Å². The highest BCUT2D eigenvalue weighted by Crippen LogP contribution is 2.19. The van der Waals surface area contributed by atoms with Crippen molar-refractivity contribution in [2.75, 3.05) is 0 Å². The van der Waals surface area contributed by atoms with E-state index in [9.17, 15) is 0 Å². The first-order valence-corrected chi connectivity index (χ1v) is 8.00. The van der Waals surface area contributed by atoms with Crippen molar-refractivity contribution in [3.63, 3.8) is 0 Å². The molecular weight excluding hydrogens is 308 g/mol. The summed E-state index contributed by atoms with van der Waals surface area (Å²) in [6, 6.07) is 27.4. The standard InChI is InChI=1S/C12H10O.C10H8N2/c1-3-7-11(8-4-1)13-12-9-5-2-6-10-12;1-3-9(7-11-5-1)10-4-2-6-12-8-10/h1-10H;1-8H. The average Bonchev–Trinajstić information content (AvgIpc) is 2.71. The molecule has 2 aromatic carbocycles. The van der Waals surface area contributed by atoms with Gasteiger partial charge in [-0.25, -0.2) is 0 Å². The Balaban J connectivity index is 0.000000146. The number of ether oxygens (including phenoxy) is 1. The van der Waals surface area contributed by atoms with Crippen molar-refractivity contribution in [3.05, 3.63) is 110 Å². The summed E-state index contributed by atoms with van der Waals surface area (Å²) in [6.45, 7) is 0. The Bertz CT molecular complexity index is 776. The second-order valence-electron chi connectivity index (χ2n) is 5.21. The van der Waals surface area contributed by atoms with E-state index in [0.717, 1.165) is 22.6 Å². The highest BCUT2D eigenvalue weighted by atomic mass is 16.5. The minimum absolute atomic E-state index is 0.869. The summed E-state index contributed by atoms with van der Waals surface area (Å²) < 4.78 is 5.58. The first-order chi connectivity index (χ1) is 12.4. The molecule has 0 amide bonds. The number of para-hydroxylation sites is 2. The predicted molar refractivity (Wildman–Crippen MR) is 100 cm³/mol. The van der Waals surface area contributed by atoms with Gasteiger partial charge in [0.25, 0.3) is 0 Å². The fourth-order valence-corrected chi connectivity index (χ4v) is 2.18. The van der Waals surface area contributed by atoms with Crippen LogP contribution in [0.1, 0.15) is 0 Å². The summed E-state index contributed by atoms with van der Waals surface area (Å²) in [5.74, 6) is 1.74. The van der Waals surface area contributed by atoms with Crippen LogP contribution in [0.3, 0.4) is 0 Å². The molecule has 0 N–H and O–H groups in total. The average molecular weight is 326 g/mol. The van der Waals surface area contributed by atoms with Crippen molar-refractivity contribution < 1.29 is 4.74 Å². The van der Waals surface area contributed by atoms with E-state index in [1.165, 1.54) is 0 Å². The van der Waals surface area contributed by atoms with Crippen LogP contribution in [0, 0.1) is 0 Å². The SMILES string of the molecule is c1ccc(Oc2ccccc2)cc1.c1cncc(-c2cccnc2)c1. The van der Waals surface area contributed by atoms with Crippen LogP contribution in [0.4, 0.5) is 0 Å². The van der Waals surface area contributed by atoms with Crippen LogP contribution in [0.25, 0.3) is 11.1 Å². The maximum absolute atomic E-state index is 5.58. The van der Waals surface area contributed by atoms with Gasteiger partial charge in [0.2, 0.25) is 0 Å². The Labute approximate surface area is 147 Å². The highest BCUT2D eigenvalue weighted by Gasteiger charge is 1.94.